The molecule has 8 nitrogen and oxygen atoms in total. The number of hydrogen-bond acceptors (Lipinski definition) is 6. The highest BCUT2D eigenvalue weighted by Gasteiger charge is 2.08. The zero-order valence-corrected chi connectivity index (χ0v) is 11.4. The minimum atomic E-state index is -0.312. The molecule has 0 aliphatic rings. The van der Waals surface area contributed by atoms with Crippen molar-refractivity contribution < 1.29 is 0 Å². The number of nitrogens with two attached hydrogens (primary N) is 1. The number of rotatable bonds is 2. The number of nitrogens with one attached hydrogen (secondary N) is 2. The fourth-order valence-electron chi connectivity index (χ4n) is 2.00. The van der Waals surface area contributed by atoms with Crippen molar-refractivity contribution in [1.29, 1.82) is 0 Å². The highest BCUT2D eigenvalue weighted by Crippen LogP contribution is 2.26. The monoisotopic (exact) mass is 299 g/mol. The fourth-order valence-corrected chi connectivity index (χ4v) is 2.77. The largest absolute Gasteiger partial charge is 0.399 e. The average molecular weight is 299 g/mol. The van der Waals surface area contributed by atoms with Crippen LogP contribution in [0.1, 0.15) is 0 Å². The molecule has 0 atom stereocenters. The van der Waals surface area contributed by atoms with Gasteiger partial charge in [0.1, 0.15) is 11.4 Å². The van der Waals surface area contributed by atoms with Gasteiger partial charge in [0.05, 0.1) is 11.0 Å². The summed E-state index contributed by atoms with van der Waals surface area (Å²) in [7, 11) is 0. The van der Waals surface area contributed by atoms with Crippen LogP contribution in [0, 0.1) is 0 Å². The lowest BCUT2D eigenvalue weighted by atomic mass is 10.3. The molecule has 0 aliphatic carbocycles. The van der Waals surface area contributed by atoms with Crippen LogP contribution in [0.5, 0.6) is 0 Å². The molecule has 0 saturated carbocycles. The first-order valence-corrected chi connectivity index (χ1v) is 6.86. The molecule has 0 fully saturated rings. The van der Waals surface area contributed by atoms with Gasteiger partial charge in [-0.3, -0.25) is 0 Å². The lowest BCUT2D eigenvalue weighted by Crippen LogP contribution is -2.09. The molecule has 3 heterocycles. The van der Waals surface area contributed by atoms with Gasteiger partial charge in [0.15, 0.2) is 10.8 Å². The zero-order chi connectivity index (χ0) is 14.4. The van der Waals surface area contributed by atoms with Gasteiger partial charge in [-0.2, -0.15) is 5.10 Å². The van der Waals surface area contributed by atoms with E-state index < -0.39 is 0 Å². The summed E-state index contributed by atoms with van der Waals surface area (Å²) in [5.74, 6) is 0. The molecule has 0 aliphatic heterocycles. The fraction of sp³-hybridized carbons (Fsp3) is 0. The Morgan fingerprint density at radius 3 is 3.10 bits per heavy atom. The second-order valence-electron chi connectivity index (χ2n) is 4.40. The Hall–Kier alpha value is -2.81. The Morgan fingerprint density at radius 2 is 2.19 bits per heavy atom. The van der Waals surface area contributed by atoms with Crippen molar-refractivity contribution in [3.63, 3.8) is 0 Å². The van der Waals surface area contributed by atoms with Crippen LogP contribution in [0.2, 0.25) is 0 Å². The predicted octanol–water partition coefficient (Wildman–Crippen LogP) is 1.03. The number of H-pyrrole nitrogens is 2. The second-order valence-corrected chi connectivity index (χ2v) is 5.41. The maximum Gasteiger partial charge on any atom is 0.348 e. The van der Waals surface area contributed by atoms with E-state index in [1.165, 1.54) is 22.5 Å². The minimum absolute atomic E-state index is 0.312. The molecule has 0 amide bonds. The lowest BCUT2D eigenvalue weighted by molar-refractivity contribution is 0.959. The number of imidazole rings is 1. The third-order valence-electron chi connectivity index (χ3n) is 2.97. The Labute approximate surface area is 121 Å². The molecule has 9 heteroatoms. The van der Waals surface area contributed by atoms with Crippen LogP contribution in [0.15, 0.2) is 45.6 Å². The quantitative estimate of drug-likeness (QED) is 0.376. The van der Waals surface area contributed by atoms with Crippen LogP contribution in [0.4, 0.5) is 5.69 Å². The number of aromatic amines is 2. The van der Waals surface area contributed by atoms with Crippen LogP contribution in [0.25, 0.3) is 16.7 Å². The number of fused-ring (bicyclic) bond motifs is 2. The first-order chi connectivity index (χ1) is 10.2. The van der Waals surface area contributed by atoms with E-state index in [4.69, 9.17) is 5.73 Å². The number of nitrogen functional groups attached to an aromatic ring is 1. The van der Waals surface area contributed by atoms with Gasteiger partial charge in [0.2, 0.25) is 0 Å². The normalized spacial score (nSPS) is 11.4. The molecule has 3 aromatic heterocycles. The summed E-state index contributed by atoms with van der Waals surface area (Å²) in [4.78, 5) is 23.2. The maximum atomic E-state index is 11.4. The molecule has 104 valence electrons. The molecule has 4 aromatic rings. The number of nitrogens with zero attached hydrogens (tertiary/aromatic N) is 4. The van der Waals surface area contributed by atoms with Crippen LogP contribution < -0.4 is 11.4 Å². The summed E-state index contributed by atoms with van der Waals surface area (Å²) >= 11 is 1.36. The number of benzene rings is 1. The summed E-state index contributed by atoms with van der Waals surface area (Å²) < 4.78 is 1.34. The van der Waals surface area contributed by atoms with Crippen molar-refractivity contribution in [2.24, 2.45) is 0 Å². The van der Waals surface area contributed by atoms with E-state index in [0.717, 1.165) is 11.0 Å². The molecule has 0 bridgehead atoms. The Balaban J connectivity index is 1.73. The average Bonchev–Trinajstić information content (AvgIpc) is 3.02. The molecular weight excluding hydrogens is 290 g/mol. The SMILES string of the molecule is Nc1ccc2nc(Sc3cc4n[nH]c(=O)n4cn3)[nH]c2c1. The van der Waals surface area contributed by atoms with Gasteiger partial charge >= 0.3 is 5.69 Å². The lowest BCUT2D eigenvalue weighted by Gasteiger charge is -1.96. The van der Waals surface area contributed by atoms with E-state index in [9.17, 15) is 4.79 Å². The maximum absolute atomic E-state index is 11.4. The van der Waals surface area contributed by atoms with Gasteiger partial charge < -0.3 is 10.7 Å². The van der Waals surface area contributed by atoms with Crippen molar-refractivity contribution in [3.05, 3.63) is 41.1 Å². The summed E-state index contributed by atoms with van der Waals surface area (Å²) in [5.41, 5.74) is 8.32. The van der Waals surface area contributed by atoms with E-state index in [-0.39, 0.29) is 5.69 Å². The van der Waals surface area contributed by atoms with Crippen molar-refractivity contribution in [1.82, 2.24) is 29.5 Å². The van der Waals surface area contributed by atoms with Crippen molar-refractivity contribution >= 4 is 34.1 Å². The van der Waals surface area contributed by atoms with Gasteiger partial charge in [-0.1, -0.05) is 0 Å². The molecule has 0 unspecified atom stereocenters. The Morgan fingerprint density at radius 1 is 1.29 bits per heavy atom. The van der Waals surface area contributed by atoms with Crippen LogP contribution in [-0.2, 0) is 0 Å². The van der Waals surface area contributed by atoms with Crippen molar-refractivity contribution in [2.75, 3.05) is 5.73 Å². The standard InChI is InChI=1S/C12H9N7OS/c13-6-1-2-7-8(3-6)16-11(15-7)21-10-4-9-17-18-12(20)19(9)5-14-10/h1-5H,13H2,(H,15,16)(H,18,20). The molecule has 4 rings (SSSR count). The molecule has 1 aromatic carbocycles. The molecular formula is C12H9N7OS. The van der Waals surface area contributed by atoms with E-state index in [1.807, 2.05) is 12.1 Å². The third-order valence-corrected chi connectivity index (χ3v) is 3.79. The van der Waals surface area contributed by atoms with Crippen molar-refractivity contribution in [2.45, 2.75) is 10.2 Å². The van der Waals surface area contributed by atoms with Gasteiger partial charge in [-0.25, -0.2) is 24.3 Å². The topological polar surface area (TPSA) is 118 Å². The molecule has 0 spiro atoms. The zero-order valence-electron chi connectivity index (χ0n) is 10.6. The summed E-state index contributed by atoms with van der Waals surface area (Å²) in [6, 6.07) is 7.20. The van der Waals surface area contributed by atoms with E-state index in [1.54, 1.807) is 12.1 Å². The van der Waals surface area contributed by atoms with Gasteiger partial charge in [0.25, 0.3) is 0 Å². The van der Waals surface area contributed by atoms with E-state index >= 15 is 0 Å². The second kappa shape index (κ2) is 4.35. The summed E-state index contributed by atoms with van der Waals surface area (Å²) in [6.45, 7) is 0. The number of anilines is 1. The minimum Gasteiger partial charge on any atom is -0.399 e. The Bertz CT molecular complexity index is 1020. The summed E-state index contributed by atoms with van der Waals surface area (Å²) in [6.07, 6.45) is 1.43. The van der Waals surface area contributed by atoms with Gasteiger partial charge in [-0.15, -0.1) is 0 Å². The third kappa shape index (κ3) is 2.03. The first kappa shape index (κ1) is 12.0. The number of hydrogen-bond donors (Lipinski definition) is 3. The smallest absolute Gasteiger partial charge is 0.348 e. The van der Waals surface area contributed by atoms with Gasteiger partial charge in [-0.05, 0) is 30.0 Å². The number of aromatic nitrogens is 6. The van der Waals surface area contributed by atoms with E-state index in [2.05, 4.69) is 25.1 Å². The van der Waals surface area contributed by atoms with Gasteiger partial charge in [0, 0.05) is 11.8 Å². The predicted molar refractivity (Wildman–Crippen MR) is 78.2 cm³/mol. The van der Waals surface area contributed by atoms with Crippen LogP contribution in [0.3, 0.4) is 0 Å². The molecule has 21 heavy (non-hydrogen) atoms. The molecule has 0 saturated heterocycles. The molecule has 0 radical (unpaired) electrons. The highest BCUT2D eigenvalue weighted by molar-refractivity contribution is 7.99. The van der Waals surface area contributed by atoms with Crippen molar-refractivity contribution in [3.8, 4) is 0 Å². The highest BCUT2D eigenvalue weighted by atomic mass is 32.2. The van der Waals surface area contributed by atoms with E-state index in [0.29, 0.717) is 21.5 Å². The van der Waals surface area contributed by atoms with Crippen LogP contribution in [-0.4, -0.2) is 29.5 Å². The van der Waals surface area contributed by atoms with Crippen LogP contribution >= 0.6 is 11.8 Å². The Kier molecular flexibility index (Phi) is 2.48. The molecule has 4 N–H and O–H groups in total. The first-order valence-electron chi connectivity index (χ1n) is 6.05. The summed E-state index contributed by atoms with van der Waals surface area (Å²) in [5, 5.41) is 7.65.